The Morgan fingerprint density at radius 2 is 2.31 bits per heavy atom. The van der Waals surface area contributed by atoms with Gasteiger partial charge in [-0.15, -0.1) is 0 Å². The van der Waals surface area contributed by atoms with Gasteiger partial charge in [0.25, 0.3) is 0 Å². The molecule has 1 aromatic carbocycles. The van der Waals surface area contributed by atoms with Crippen molar-refractivity contribution in [3.8, 4) is 0 Å². The lowest BCUT2D eigenvalue weighted by atomic mass is 9.94. The summed E-state index contributed by atoms with van der Waals surface area (Å²) < 4.78 is 5.44. The summed E-state index contributed by atoms with van der Waals surface area (Å²) in [4.78, 5) is 12.2. The first kappa shape index (κ1) is 11.3. The van der Waals surface area contributed by atoms with Crippen molar-refractivity contribution in [3.63, 3.8) is 0 Å². The summed E-state index contributed by atoms with van der Waals surface area (Å²) in [6.45, 7) is 4.70. The number of ether oxygens (including phenoxy) is 1. The zero-order chi connectivity index (χ0) is 11.5. The Kier molecular flexibility index (Phi) is 3.39. The Bertz CT molecular complexity index is 384. The second kappa shape index (κ2) is 4.79. The minimum Gasteiger partial charge on any atom is -0.378 e. The molecular weight excluding hydrogens is 200 g/mol. The molecule has 2 heteroatoms. The van der Waals surface area contributed by atoms with Gasteiger partial charge in [0, 0.05) is 11.5 Å². The standard InChI is InChI=1S/C14H18O2/c1-3-11-5-4-6-12(8-11)14(15)13-7-10(2)16-9-13/h4-6,8,10,13H,3,7,9H2,1-2H3. The molecule has 1 aliphatic heterocycles. The van der Waals surface area contributed by atoms with Gasteiger partial charge in [-0.05, 0) is 31.4 Å². The van der Waals surface area contributed by atoms with E-state index in [1.54, 1.807) is 0 Å². The van der Waals surface area contributed by atoms with Crippen molar-refractivity contribution < 1.29 is 9.53 Å². The molecule has 1 saturated heterocycles. The number of hydrogen-bond donors (Lipinski definition) is 0. The zero-order valence-corrected chi connectivity index (χ0v) is 9.90. The van der Waals surface area contributed by atoms with Gasteiger partial charge in [0.1, 0.15) is 0 Å². The summed E-state index contributed by atoms with van der Waals surface area (Å²) in [5.74, 6) is 0.293. The van der Waals surface area contributed by atoms with Gasteiger partial charge in [-0.3, -0.25) is 4.79 Å². The summed E-state index contributed by atoms with van der Waals surface area (Å²) in [7, 11) is 0. The smallest absolute Gasteiger partial charge is 0.168 e. The van der Waals surface area contributed by atoms with Crippen LogP contribution in [0.4, 0.5) is 0 Å². The lowest BCUT2D eigenvalue weighted by Gasteiger charge is -2.07. The maximum Gasteiger partial charge on any atom is 0.168 e. The molecular formula is C14H18O2. The molecule has 1 aliphatic rings. The van der Waals surface area contributed by atoms with Gasteiger partial charge >= 0.3 is 0 Å². The topological polar surface area (TPSA) is 26.3 Å². The van der Waals surface area contributed by atoms with E-state index < -0.39 is 0 Å². The van der Waals surface area contributed by atoms with Crippen LogP contribution in [-0.4, -0.2) is 18.5 Å². The van der Waals surface area contributed by atoms with E-state index in [-0.39, 0.29) is 17.8 Å². The average molecular weight is 218 g/mol. The minimum atomic E-state index is 0.0575. The molecule has 0 amide bonds. The fourth-order valence-corrected chi connectivity index (χ4v) is 2.18. The fraction of sp³-hybridized carbons (Fsp3) is 0.500. The van der Waals surface area contributed by atoms with Crippen LogP contribution in [0, 0.1) is 5.92 Å². The van der Waals surface area contributed by atoms with E-state index in [0.717, 1.165) is 18.4 Å². The van der Waals surface area contributed by atoms with Crippen LogP contribution in [-0.2, 0) is 11.2 Å². The van der Waals surface area contributed by atoms with Crippen molar-refractivity contribution in [1.82, 2.24) is 0 Å². The first-order valence-electron chi connectivity index (χ1n) is 5.95. The molecule has 2 atom stereocenters. The van der Waals surface area contributed by atoms with Crippen LogP contribution < -0.4 is 0 Å². The van der Waals surface area contributed by atoms with Crippen LogP contribution in [0.5, 0.6) is 0 Å². The Balaban J connectivity index is 2.14. The van der Waals surface area contributed by atoms with E-state index in [0.29, 0.717) is 6.61 Å². The van der Waals surface area contributed by atoms with Crippen molar-refractivity contribution in [2.45, 2.75) is 32.8 Å². The first-order chi connectivity index (χ1) is 7.70. The second-order valence-electron chi connectivity index (χ2n) is 4.49. The number of carbonyl (C=O) groups excluding carboxylic acids is 1. The third-order valence-electron chi connectivity index (χ3n) is 3.19. The third kappa shape index (κ3) is 2.33. The van der Waals surface area contributed by atoms with E-state index in [1.807, 2.05) is 25.1 Å². The van der Waals surface area contributed by atoms with Crippen molar-refractivity contribution in [1.29, 1.82) is 0 Å². The molecule has 1 heterocycles. The Morgan fingerprint density at radius 3 is 2.94 bits per heavy atom. The van der Waals surface area contributed by atoms with Crippen LogP contribution >= 0.6 is 0 Å². The highest BCUT2D eigenvalue weighted by Crippen LogP contribution is 2.23. The molecule has 86 valence electrons. The molecule has 0 aromatic heterocycles. The van der Waals surface area contributed by atoms with Crippen LogP contribution in [0.1, 0.15) is 36.2 Å². The van der Waals surface area contributed by atoms with Gasteiger partial charge < -0.3 is 4.74 Å². The summed E-state index contributed by atoms with van der Waals surface area (Å²) in [5, 5.41) is 0. The molecule has 0 aliphatic carbocycles. The number of ketones is 1. The Hall–Kier alpha value is -1.15. The van der Waals surface area contributed by atoms with Gasteiger partial charge in [-0.25, -0.2) is 0 Å². The normalized spacial score (nSPS) is 24.6. The van der Waals surface area contributed by atoms with Gasteiger partial charge in [0.2, 0.25) is 0 Å². The number of aryl methyl sites for hydroxylation is 1. The first-order valence-corrected chi connectivity index (χ1v) is 5.95. The molecule has 0 radical (unpaired) electrons. The predicted octanol–water partition coefficient (Wildman–Crippen LogP) is 2.86. The van der Waals surface area contributed by atoms with Crippen molar-refractivity contribution in [3.05, 3.63) is 35.4 Å². The number of Topliss-reactive ketones (excluding diaryl/α,β-unsaturated/α-hetero) is 1. The summed E-state index contributed by atoms with van der Waals surface area (Å²) in [6, 6.07) is 7.94. The van der Waals surface area contributed by atoms with E-state index in [4.69, 9.17) is 4.74 Å². The van der Waals surface area contributed by atoms with E-state index in [1.165, 1.54) is 5.56 Å². The van der Waals surface area contributed by atoms with Gasteiger partial charge in [-0.2, -0.15) is 0 Å². The molecule has 2 nitrogen and oxygen atoms in total. The van der Waals surface area contributed by atoms with Gasteiger partial charge in [0.15, 0.2) is 5.78 Å². The molecule has 1 fully saturated rings. The van der Waals surface area contributed by atoms with E-state index in [9.17, 15) is 4.79 Å². The van der Waals surface area contributed by atoms with Gasteiger partial charge in [0.05, 0.1) is 12.7 Å². The van der Waals surface area contributed by atoms with Gasteiger partial charge in [-0.1, -0.05) is 25.1 Å². The maximum absolute atomic E-state index is 12.2. The number of rotatable bonds is 3. The zero-order valence-electron chi connectivity index (χ0n) is 9.90. The maximum atomic E-state index is 12.2. The number of hydrogen-bond acceptors (Lipinski definition) is 2. The van der Waals surface area contributed by atoms with Crippen LogP contribution in [0.3, 0.4) is 0 Å². The average Bonchev–Trinajstić information content (AvgIpc) is 2.75. The highest BCUT2D eigenvalue weighted by atomic mass is 16.5. The molecule has 0 saturated carbocycles. The Morgan fingerprint density at radius 1 is 1.50 bits per heavy atom. The molecule has 2 rings (SSSR count). The highest BCUT2D eigenvalue weighted by molar-refractivity contribution is 5.98. The van der Waals surface area contributed by atoms with E-state index >= 15 is 0 Å². The molecule has 1 aromatic rings. The predicted molar refractivity (Wildman–Crippen MR) is 63.7 cm³/mol. The number of benzene rings is 1. The summed E-state index contributed by atoms with van der Waals surface area (Å²) in [5.41, 5.74) is 2.06. The minimum absolute atomic E-state index is 0.0575. The molecule has 0 bridgehead atoms. The summed E-state index contributed by atoms with van der Waals surface area (Å²) in [6.07, 6.45) is 2.05. The monoisotopic (exact) mass is 218 g/mol. The van der Waals surface area contributed by atoms with Crippen molar-refractivity contribution in [2.75, 3.05) is 6.61 Å². The lowest BCUT2D eigenvalue weighted by molar-refractivity contribution is 0.0877. The van der Waals surface area contributed by atoms with E-state index in [2.05, 4.69) is 13.0 Å². The second-order valence-corrected chi connectivity index (χ2v) is 4.49. The molecule has 2 unspecified atom stereocenters. The van der Waals surface area contributed by atoms with Crippen LogP contribution in [0.25, 0.3) is 0 Å². The fourth-order valence-electron chi connectivity index (χ4n) is 2.18. The summed E-state index contributed by atoms with van der Waals surface area (Å²) >= 11 is 0. The molecule has 0 spiro atoms. The van der Waals surface area contributed by atoms with Crippen LogP contribution in [0.2, 0.25) is 0 Å². The van der Waals surface area contributed by atoms with Crippen molar-refractivity contribution in [2.24, 2.45) is 5.92 Å². The quantitative estimate of drug-likeness (QED) is 0.729. The Labute approximate surface area is 96.6 Å². The molecule has 16 heavy (non-hydrogen) atoms. The number of carbonyl (C=O) groups is 1. The molecule has 0 N–H and O–H groups in total. The largest absolute Gasteiger partial charge is 0.378 e. The highest BCUT2D eigenvalue weighted by Gasteiger charge is 2.28. The van der Waals surface area contributed by atoms with Crippen LogP contribution in [0.15, 0.2) is 24.3 Å². The lowest BCUT2D eigenvalue weighted by Crippen LogP contribution is -2.15. The third-order valence-corrected chi connectivity index (χ3v) is 3.19. The van der Waals surface area contributed by atoms with Crippen molar-refractivity contribution >= 4 is 5.78 Å². The SMILES string of the molecule is CCc1cccc(C(=O)C2COC(C)C2)c1.